The Morgan fingerprint density at radius 1 is 0.897 bits per heavy atom. The van der Waals surface area contributed by atoms with Crippen LogP contribution in [0.4, 0.5) is 10.1 Å². The molecule has 0 heterocycles. The summed E-state index contributed by atoms with van der Waals surface area (Å²) in [5.74, 6) is -1.42. The SMILES string of the molecule is O=C(C=Cc1ccc(O)c(O)c1)c1ccc(NS(=O)(=O)c2ccc(F)cc2)cc1. The second-order valence-corrected chi connectivity index (χ2v) is 7.76. The summed E-state index contributed by atoms with van der Waals surface area (Å²) in [6, 6.07) is 14.4. The summed E-state index contributed by atoms with van der Waals surface area (Å²) >= 11 is 0. The van der Waals surface area contributed by atoms with Gasteiger partial charge >= 0.3 is 0 Å². The number of sulfonamides is 1. The fourth-order valence-electron chi connectivity index (χ4n) is 2.44. The summed E-state index contributed by atoms with van der Waals surface area (Å²) in [5.41, 5.74) is 1.10. The van der Waals surface area contributed by atoms with Gasteiger partial charge in [0.2, 0.25) is 0 Å². The molecule has 0 unspecified atom stereocenters. The standard InChI is InChI=1S/C21H16FNO5S/c22-16-5-9-18(10-6-16)29(27,28)23-17-7-3-15(4-8-17)19(24)11-1-14-2-12-20(25)21(26)13-14/h1-13,23,25-26H. The van der Waals surface area contributed by atoms with E-state index in [1.165, 1.54) is 54.6 Å². The molecule has 29 heavy (non-hydrogen) atoms. The van der Waals surface area contributed by atoms with Gasteiger partial charge in [0.05, 0.1) is 4.90 Å². The van der Waals surface area contributed by atoms with E-state index >= 15 is 0 Å². The molecule has 0 radical (unpaired) electrons. The topological polar surface area (TPSA) is 104 Å². The maximum absolute atomic E-state index is 13.0. The summed E-state index contributed by atoms with van der Waals surface area (Å²) < 4.78 is 39.9. The lowest BCUT2D eigenvalue weighted by Crippen LogP contribution is -2.13. The second-order valence-electron chi connectivity index (χ2n) is 6.08. The van der Waals surface area contributed by atoms with E-state index in [0.29, 0.717) is 11.1 Å². The van der Waals surface area contributed by atoms with Gasteiger partial charge in [-0.3, -0.25) is 9.52 Å². The van der Waals surface area contributed by atoms with E-state index in [2.05, 4.69) is 4.72 Å². The van der Waals surface area contributed by atoms with Crippen molar-refractivity contribution in [2.75, 3.05) is 4.72 Å². The van der Waals surface area contributed by atoms with E-state index in [4.69, 9.17) is 0 Å². The number of hydrogen-bond acceptors (Lipinski definition) is 5. The minimum Gasteiger partial charge on any atom is -0.504 e. The third kappa shape index (κ3) is 4.99. The number of ketones is 1. The lowest BCUT2D eigenvalue weighted by Gasteiger charge is -2.08. The lowest BCUT2D eigenvalue weighted by molar-refractivity contribution is 0.104. The Morgan fingerprint density at radius 2 is 1.55 bits per heavy atom. The Kier molecular flexibility index (Phi) is 5.65. The molecule has 6 nitrogen and oxygen atoms in total. The molecule has 0 fully saturated rings. The average Bonchev–Trinajstić information content (AvgIpc) is 2.69. The molecule has 0 saturated heterocycles. The molecule has 0 aliphatic heterocycles. The first-order valence-corrected chi connectivity index (χ1v) is 9.86. The summed E-state index contributed by atoms with van der Waals surface area (Å²) in [5, 5.41) is 18.7. The highest BCUT2D eigenvalue weighted by Gasteiger charge is 2.14. The van der Waals surface area contributed by atoms with Gasteiger partial charge in [0.1, 0.15) is 5.82 Å². The van der Waals surface area contributed by atoms with Crippen LogP contribution < -0.4 is 4.72 Å². The number of nitrogens with one attached hydrogen (secondary N) is 1. The fraction of sp³-hybridized carbons (Fsp3) is 0. The summed E-state index contributed by atoms with van der Waals surface area (Å²) in [6.45, 7) is 0. The zero-order valence-electron chi connectivity index (χ0n) is 14.9. The highest BCUT2D eigenvalue weighted by molar-refractivity contribution is 7.92. The second kappa shape index (κ2) is 8.15. The number of halogens is 1. The monoisotopic (exact) mass is 413 g/mol. The largest absolute Gasteiger partial charge is 0.504 e. The molecule has 0 aliphatic carbocycles. The number of allylic oxidation sites excluding steroid dienone is 1. The molecule has 3 aromatic carbocycles. The highest BCUT2D eigenvalue weighted by atomic mass is 32.2. The predicted octanol–water partition coefficient (Wildman–Crippen LogP) is 3.93. The molecule has 0 aliphatic rings. The summed E-state index contributed by atoms with van der Waals surface area (Å²) in [4.78, 5) is 12.2. The van der Waals surface area contributed by atoms with Crippen molar-refractivity contribution in [1.29, 1.82) is 0 Å². The van der Waals surface area contributed by atoms with Crippen molar-refractivity contribution in [3.63, 3.8) is 0 Å². The number of anilines is 1. The van der Waals surface area contributed by atoms with Crippen LogP contribution in [0.5, 0.6) is 11.5 Å². The molecule has 3 N–H and O–H groups in total. The Labute approximate surface area is 166 Å². The number of phenols is 2. The van der Waals surface area contributed by atoms with Gasteiger partial charge < -0.3 is 10.2 Å². The van der Waals surface area contributed by atoms with Crippen LogP contribution in [0.25, 0.3) is 6.08 Å². The van der Waals surface area contributed by atoms with Gasteiger partial charge in [-0.05, 0) is 72.3 Å². The van der Waals surface area contributed by atoms with Crippen LogP contribution in [0, 0.1) is 5.82 Å². The molecule has 0 atom stereocenters. The van der Waals surface area contributed by atoms with Crippen LogP contribution in [0.1, 0.15) is 15.9 Å². The Bertz CT molecular complexity index is 1170. The molecule has 3 aromatic rings. The van der Waals surface area contributed by atoms with Gasteiger partial charge in [-0.15, -0.1) is 0 Å². The van der Waals surface area contributed by atoms with E-state index in [0.717, 1.165) is 24.3 Å². The first kappa shape index (κ1) is 20.1. The molecule has 0 amide bonds. The number of carbonyl (C=O) groups excluding carboxylic acids is 1. The Balaban J connectivity index is 1.70. The zero-order valence-corrected chi connectivity index (χ0v) is 15.7. The van der Waals surface area contributed by atoms with Crippen molar-refractivity contribution in [3.05, 3.63) is 89.8 Å². The lowest BCUT2D eigenvalue weighted by atomic mass is 10.1. The third-order valence-corrected chi connectivity index (χ3v) is 5.37. The Morgan fingerprint density at radius 3 is 2.17 bits per heavy atom. The van der Waals surface area contributed by atoms with Crippen LogP contribution in [0.3, 0.4) is 0 Å². The molecule has 0 aromatic heterocycles. The van der Waals surface area contributed by atoms with Crippen LogP contribution >= 0.6 is 0 Å². The molecule has 0 saturated carbocycles. The van der Waals surface area contributed by atoms with Crippen LogP contribution in [-0.4, -0.2) is 24.4 Å². The maximum Gasteiger partial charge on any atom is 0.261 e. The van der Waals surface area contributed by atoms with Crippen LogP contribution in [-0.2, 0) is 10.0 Å². The van der Waals surface area contributed by atoms with Gasteiger partial charge in [0.15, 0.2) is 17.3 Å². The number of phenolic OH excluding ortho intramolecular Hbond substituents is 2. The first-order valence-electron chi connectivity index (χ1n) is 8.37. The number of carbonyl (C=O) groups is 1. The van der Waals surface area contributed by atoms with Crippen molar-refractivity contribution in [2.45, 2.75) is 4.90 Å². The van der Waals surface area contributed by atoms with Gasteiger partial charge in [-0.2, -0.15) is 0 Å². The van der Waals surface area contributed by atoms with Gasteiger partial charge in [0.25, 0.3) is 10.0 Å². The molecular weight excluding hydrogens is 397 g/mol. The molecule has 0 bridgehead atoms. The minimum atomic E-state index is -3.88. The minimum absolute atomic E-state index is 0.0841. The molecule has 3 rings (SSSR count). The normalized spacial score (nSPS) is 11.5. The van der Waals surface area contributed by atoms with E-state index in [9.17, 15) is 27.8 Å². The number of rotatable bonds is 6. The van der Waals surface area contributed by atoms with E-state index < -0.39 is 15.8 Å². The smallest absolute Gasteiger partial charge is 0.261 e. The van der Waals surface area contributed by atoms with Gasteiger partial charge in [0, 0.05) is 11.3 Å². The van der Waals surface area contributed by atoms with Crippen LogP contribution in [0.2, 0.25) is 0 Å². The van der Waals surface area contributed by atoms with Crippen molar-refractivity contribution in [2.24, 2.45) is 0 Å². The molecule has 0 spiro atoms. The first-order chi connectivity index (χ1) is 13.7. The predicted molar refractivity (Wildman–Crippen MR) is 107 cm³/mol. The fourth-order valence-corrected chi connectivity index (χ4v) is 3.50. The van der Waals surface area contributed by atoms with E-state index in [-0.39, 0.29) is 27.9 Å². The van der Waals surface area contributed by atoms with Crippen molar-refractivity contribution < 1.29 is 27.8 Å². The number of aromatic hydroxyl groups is 2. The quantitative estimate of drug-likeness (QED) is 0.323. The van der Waals surface area contributed by atoms with Crippen molar-refractivity contribution in [3.8, 4) is 11.5 Å². The molecular formula is C21H16FNO5S. The van der Waals surface area contributed by atoms with Gasteiger partial charge in [-0.25, -0.2) is 12.8 Å². The summed E-state index contributed by atoms with van der Waals surface area (Å²) in [6.07, 6.45) is 2.77. The van der Waals surface area contributed by atoms with E-state index in [1.54, 1.807) is 0 Å². The zero-order chi connectivity index (χ0) is 21.0. The molecule has 148 valence electrons. The third-order valence-electron chi connectivity index (χ3n) is 3.97. The van der Waals surface area contributed by atoms with Gasteiger partial charge in [-0.1, -0.05) is 12.1 Å². The summed E-state index contributed by atoms with van der Waals surface area (Å²) in [7, 11) is -3.88. The maximum atomic E-state index is 13.0. The average molecular weight is 413 g/mol. The van der Waals surface area contributed by atoms with E-state index in [1.807, 2.05) is 0 Å². The number of hydrogen-bond donors (Lipinski definition) is 3. The van der Waals surface area contributed by atoms with Crippen LogP contribution in [0.15, 0.2) is 77.7 Å². The van der Waals surface area contributed by atoms with Crippen molar-refractivity contribution in [1.82, 2.24) is 0 Å². The Hall–Kier alpha value is -3.65. The number of benzene rings is 3. The highest BCUT2D eigenvalue weighted by Crippen LogP contribution is 2.25. The molecule has 8 heteroatoms. The van der Waals surface area contributed by atoms with Crippen molar-refractivity contribution >= 4 is 27.6 Å².